The predicted octanol–water partition coefficient (Wildman–Crippen LogP) is -2.65. The van der Waals surface area contributed by atoms with Gasteiger partial charge in [0.25, 0.3) is 0 Å². The molecule has 6 heavy (non-hydrogen) atoms. The normalized spacial score (nSPS) is 0. The zero-order chi connectivity index (χ0) is 0. The Morgan fingerprint density at radius 3 is 1.00 bits per heavy atom. The first kappa shape index (κ1) is 56.7. The number of hydrogen-bond acceptors (Lipinski definition) is 0. The zero-order valence-electron chi connectivity index (χ0n) is 1.89. The average Bonchev–Trinajstić information content (AvgIpc) is 0. The molecule has 0 heterocycles. The van der Waals surface area contributed by atoms with Crippen molar-refractivity contribution >= 4 is 35.0 Å². The molecule has 0 atom stereocenters. The molecule has 2 radical (unpaired) electrons. The summed E-state index contributed by atoms with van der Waals surface area (Å²) in [5.74, 6) is 0. The molecule has 0 bridgehead atoms. The van der Waals surface area contributed by atoms with E-state index >= 15 is 0 Å². The van der Waals surface area contributed by atoms with Gasteiger partial charge in [-0.1, -0.05) is 0 Å². The van der Waals surface area contributed by atoms with Gasteiger partial charge >= 0.3 is 17.6 Å². The fourth-order valence-corrected chi connectivity index (χ4v) is 0. The molecule has 0 amide bonds. The van der Waals surface area contributed by atoms with E-state index in [1.807, 2.05) is 0 Å². The molecule has 0 unspecified atom stereocenters. The number of rotatable bonds is 0. The minimum absolute atomic E-state index is 0. The zero-order valence-corrected chi connectivity index (χ0v) is 8.54. The van der Waals surface area contributed by atoms with Crippen LogP contribution in [0, 0.1) is 0 Å². The van der Waals surface area contributed by atoms with Gasteiger partial charge in [-0.05, 0) is 0 Å². The molecule has 0 aromatic carbocycles. The van der Waals surface area contributed by atoms with Crippen molar-refractivity contribution < 1.29 is 75.3 Å². The van der Waals surface area contributed by atoms with Crippen LogP contribution < -0.4 is 0 Å². The van der Waals surface area contributed by atoms with Crippen LogP contribution in [0.1, 0.15) is 0 Å². The van der Waals surface area contributed by atoms with Crippen molar-refractivity contribution in [2.24, 2.45) is 0 Å². The number of hydrogen-bond donors (Lipinski definition) is 0. The van der Waals surface area contributed by atoms with Gasteiger partial charge in [0.1, 0.15) is 0 Å². The summed E-state index contributed by atoms with van der Waals surface area (Å²) in [6.07, 6.45) is 0. The van der Waals surface area contributed by atoms with Crippen LogP contribution in [0.15, 0.2) is 0 Å². The summed E-state index contributed by atoms with van der Waals surface area (Å²) < 4.78 is 0. The third-order valence-electron chi connectivity index (χ3n) is 0. The van der Waals surface area contributed by atoms with E-state index in [1.165, 1.54) is 0 Å². The van der Waals surface area contributed by atoms with E-state index in [0.717, 1.165) is 0 Å². The molecule has 6 heteroatoms. The molecule has 0 fully saturated rings. The quantitative estimate of drug-likeness (QED) is 0.424. The second kappa shape index (κ2) is 39.4. The molecule has 0 aliphatic rings. The van der Waals surface area contributed by atoms with Crippen LogP contribution in [0.2, 0.25) is 0 Å². The Hall–Kier alpha value is 3.45. The Kier molecular flexibility index (Phi) is 372. The van der Waals surface area contributed by atoms with Gasteiger partial charge in [0.05, 0.1) is 0 Å². The maximum atomic E-state index is 0. The Labute approximate surface area is 108 Å². The Morgan fingerprint density at radius 2 is 1.00 bits per heavy atom. The average molecular weight is 338 g/mol. The Morgan fingerprint density at radius 1 is 1.00 bits per heavy atom. The van der Waals surface area contributed by atoms with Crippen LogP contribution in [0.5, 0.6) is 0 Å². The smallest absolute Gasteiger partial charge is 0 e. The Bertz CT molecular complexity index is 15.5. The van der Waals surface area contributed by atoms with Crippen LogP contribution in [0.3, 0.4) is 0 Å². The van der Waals surface area contributed by atoms with E-state index in [4.69, 9.17) is 0 Å². The van der Waals surface area contributed by atoms with Gasteiger partial charge < -0.3 is 0 Å². The van der Waals surface area contributed by atoms with Crippen molar-refractivity contribution in [3.63, 3.8) is 0 Å². The monoisotopic (exact) mass is 338 g/mol. The van der Waals surface area contributed by atoms with Gasteiger partial charge in [-0.3, -0.25) is 0 Å². The summed E-state index contributed by atoms with van der Waals surface area (Å²) in [7, 11) is 0. The van der Waals surface area contributed by atoms with E-state index in [1.54, 1.807) is 0 Å². The van der Waals surface area contributed by atoms with Crippen LogP contribution in [0.4, 0.5) is 0 Å². The summed E-state index contributed by atoms with van der Waals surface area (Å²) in [5, 5.41) is 0. The van der Waals surface area contributed by atoms with Crippen LogP contribution in [-0.2, 0) is 75.3 Å². The van der Waals surface area contributed by atoms with Crippen molar-refractivity contribution in [3.8, 4) is 0 Å². The van der Waals surface area contributed by atoms with Crippen molar-refractivity contribution in [2.45, 2.75) is 0 Å². The molecular formula is H7AlCuGeMnTiZn. The van der Waals surface area contributed by atoms with Crippen LogP contribution in [0.25, 0.3) is 0 Å². The Balaban J connectivity index is 0. The van der Waals surface area contributed by atoms with Crippen molar-refractivity contribution in [1.29, 1.82) is 0 Å². The van der Waals surface area contributed by atoms with E-state index in [-0.39, 0.29) is 110 Å². The predicted molar refractivity (Wildman–Crippen MR) is 21.3 cm³/mol. The summed E-state index contributed by atoms with van der Waals surface area (Å²) >= 11 is 0. The van der Waals surface area contributed by atoms with E-state index in [2.05, 4.69) is 0 Å². The molecule has 0 saturated heterocycles. The molecule has 0 rings (SSSR count). The second-order valence-electron chi connectivity index (χ2n) is 0. The third-order valence-corrected chi connectivity index (χ3v) is 0. The SMILES string of the molecule is [AlH3].[Cu].[GeH4].[Mn].[Ti].[Zn]. The van der Waals surface area contributed by atoms with E-state index < -0.39 is 0 Å². The molecule has 0 aliphatic carbocycles. The van der Waals surface area contributed by atoms with Gasteiger partial charge in [0, 0.05) is 75.3 Å². The fourth-order valence-electron chi connectivity index (χ4n) is 0. The summed E-state index contributed by atoms with van der Waals surface area (Å²) in [4.78, 5) is 0. The van der Waals surface area contributed by atoms with Crippen molar-refractivity contribution in [3.05, 3.63) is 0 Å². The first-order valence-electron chi connectivity index (χ1n) is 0. The maximum Gasteiger partial charge on any atom is 0 e. The van der Waals surface area contributed by atoms with Gasteiger partial charge in [-0.15, -0.1) is 0 Å². The van der Waals surface area contributed by atoms with Gasteiger partial charge in [-0.2, -0.15) is 0 Å². The summed E-state index contributed by atoms with van der Waals surface area (Å²) in [5.41, 5.74) is 0. The van der Waals surface area contributed by atoms with Crippen molar-refractivity contribution in [1.82, 2.24) is 0 Å². The molecular weight excluding hydrogens is 331 g/mol. The van der Waals surface area contributed by atoms with Gasteiger partial charge in [0.2, 0.25) is 0 Å². The maximum absolute atomic E-state index is 0. The molecule has 0 aliphatic heterocycles. The molecule has 38 valence electrons. The summed E-state index contributed by atoms with van der Waals surface area (Å²) in [6.45, 7) is 0. The summed E-state index contributed by atoms with van der Waals surface area (Å²) in [6, 6.07) is 0. The minimum Gasteiger partial charge on any atom is 0 e. The largest absolute Gasteiger partial charge is 0 e. The molecule has 0 aromatic rings. The first-order valence-corrected chi connectivity index (χ1v) is 0. The minimum atomic E-state index is 0. The van der Waals surface area contributed by atoms with Gasteiger partial charge in [-0.25, -0.2) is 0 Å². The third kappa shape index (κ3) is 26.0. The van der Waals surface area contributed by atoms with Crippen LogP contribution >= 0.6 is 0 Å². The molecule has 0 nitrogen and oxygen atoms in total. The first-order chi connectivity index (χ1) is 0. The molecule has 0 saturated carbocycles. The topological polar surface area (TPSA) is 0 Å². The fraction of sp³-hybridized carbons (Fsp3) is 0. The second-order valence-corrected chi connectivity index (χ2v) is 0. The molecule has 0 spiro atoms. The van der Waals surface area contributed by atoms with E-state index in [9.17, 15) is 0 Å². The van der Waals surface area contributed by atoms with Crippen molar-refractivity contribution in [2.75, 3.05) is 0 Å². The van der Waals surface area contributed by atoms with Gasteiger partial charge in [0.15, 0.2) is 17.4 Å². The standard InChI is InChI=1S/Al.Cu.GeH4.Mn.Ti.Zn.3H/h;;1H4;;;;;;. The van der Waals surface area contributed by atoms with Crippen LogP contribution in [-0.4, -0.2) is 35.0 Å². The molecule has 0 N–H and O–H groups in total. The molecule has 0 aromatic heterocycles. The van der Waals surface area contributed by atoms with E-state index in [0.29, 0.717) is 0 Å².